The summed E-state index contributed by atoms with van der Waals surface area (Å²) < 4.78 is 33.4. The van der Waals surface area contributed by atoms with Gasteiger partial charge >= 0.3 is 10.3 Å². The number of hydrogen-bond acceptors (Lipinski definition) is 7. The average Bonchev–Trinajstić information content (AvgIpc) is 3.12. The molecule has 1 N–H and O–H groups in total. The van der Waals surface area contributed by atoms with E-state index in [1.165, 1.54) is 8.99 Å². The molecule has 2 fully saturated rings. The average molecular weight is 383 g/mol. The van der Waals surface area contributed by atoms with E-state index in [0.29, 0.717) is 16.2 Å². The van der Waals surface area contributed by atoms with Crippen LogP contribution >= 0.6 is 11.9 Å². The Balaban J connectivity index is 1.44. The number of rotatable bonds is 4. The number of para-hydroxylation sites is 1. The van der Waals surface area contributed by atoms with Crippen molar-refractivity contribution in [2.45, 2.75) is 18.5 Å². The minimum absolute atomic E-state index is 0.0374. The summed E-state index contributed by atoms with van der Waals surface area (Å²) in [6.07, 6.45) is 0.318. The minimum Gasteiger partial charge on any atom is -0.328 e. The lowest BCUT2D eigenvalue weighted by atomic mass is 10.0. The standard InChI is InChI=1S/C13H13N5O5S2/c19-11(7-24-18-9-4-2-1-3-8(9)14-15-18)16-6-5-10-12(16)13(20)17(10)25(21,22)23/h1-4,10,12H,5-7H2,(H,21,22,23)/t10-,12+/m1/s1. The van der Waals surface area contributed by atoms with Crippen molar-refractivity contribution >= 4 is 45.1 Å². The molecule has 2 amide bonds. The van der Waals surface area contributed by atoms with Crippen molar-refractivity contribution in [2.24, 2.45) is 0 Å². The van der Waals surface area contributed by atoms with E-state index in [4.69, 9.17) is 4.55 Å². The van der Waals surface area contributed by atoms with Gasteiger partial charge < -0.3 is 4.90 Å². The molecule has 12 heteroatoms. The molecule has 0 bridgehead atoms. The van der Waals surface area contributed by atoms with Crippen LogP contribution in [0.4, 0.5) is 0 Å². The third-order valence-corrected chi connectivity index (χ3v) is 6.18. The maximum atomic E-state index is 12.4. The van der Waals surface area contributed by atoms with Crippen molar-refractivity contribution < 1.29 is 22.6 Å². The summed E-state index contributed by atoms with van der Waals surface area (Å²) in [7, 11) is -4.57. The molecule has 1 aromatic carbocycles. The number of aromatic nitrogens is 3. The first-order chi connectivity index (χ1) is 11.9. The summed E-state index contributed by atoms with van der Waals surface area (Å²) in [4.78, 5) is 25.8. The van der Waals surface area contributed by atoms with Crippen LogP contribution in [0.3, 0.4) is 0 Å². The van der Waals surface area contributed by atoms with E-state index in [-0.39, 0.29) is 18.2 Å². The number of carbonyl (C=O) groups is 2. The third-order valence-electron chi connectivity index (χ3n) is 4.34. The molecular formula is C13H13N5O5S2. The van der Waals surface area contributed by atoms with Crippen molar-refractivity contribution in [3.05, 3.63) is 24.3 Å². The van der Waals surface area contributed by atoms with Gasteiger partial charge in [-0.05, 0) is 30.5 Å². The molecule has 2 saturated heterocycles. The van der Waals surface area contributed by atoms with Crippen LogP contribution in [0.2, 0.25) is 0 Å². The zero-order chi connectivity index (χ0) is 17.8. The molecule has 3 heterocycles. The third kappa shape index (κ3) is 2.56. The summed E-state index contributed by atoms with van der Waals surface area (Å²) in [6, 6.07) is 5.82. The van der Waals surface area contributed by atoms with Crippen molar-refractivity contribution in [1.29, 1.82) is 0 Å². The monoisotopic (exact) mass is 383 g/mol. The van der Waals surface area contributed by atoms with Gasteiger partial charge in [-0.2, -0.15) is 12.5 Å². The smallest absolute Gasteiger partial charge is 0.328 e. The first-order valence-electron chi connectivity index (χ1n) is 7.42. The van der Waals surface area contributed by atoms with Gasteiger partial charge in [0, 0.05) is 6.54 Å². The first kappa shape index (κ1) is 16.3. The summed E-state index contributed by atoms with van der Waals surface area (Å²) in [5.74, 6) is -1.02. The molecule has 2 atom stereocenters. The van der Waals surface area contributed by atoms with Crippen LogP contribution in [-0.4, -0.2) is 72.8 Å². The van der Waals surface area contributed by atoms with Crippen LogP contribution in [0.5, 0.6) is 0 Å². The maximum Gasteiger partial charge on any atom is 0.362 e. The van der Waals surface area contributed by atoms with Crippen LogP contribution in [0.15, 0.2) is 24.3 Å². The van der Waals surface area contributed by atoms with Crippen LogP contribution in [-0.2, 0) is 19.9 Å². The van der Waals surface area contributed by atoms with Crippen molar-refractivity contribution in [1.82, 2.24) is 23.6 Å². The molecule has 0 unspecified atom stereocenters. The lowest BCUT2D eigenvalue weighted by Gasteiger charge is -2.42. The Bertz CT molecular complexity index is 974. The van der Waals surface area contributed by atoms with E-state index in [1.807, 2.05) is 24.3 Å². The Labute approximate surface area is 146 Å². The molecule has 0 spiro atoms. The van der Waals surface area contributed by atoms with E-state index in [2.05, 4.69) is 10.3 Å². The van der Waals surface area contributed by atoms with Gasteiger partial charge in [-0.1, -0.05) is 17.3 Å². The van der Waals surface area contributed by atoms with E-state index < -0.39 is 28.3 Å². The Morgan fingerprint density at radius 3 is 2.88 bits per heavy atom. The molecule has 0 aliphatic carbocycles. The Kier molecular flexibility index (Phi) is 3.70. The Morgan fingerprint density at radius 1 is 1.36 bits per heavy atom. The number of β-lactam (4-membered cyclic amide) rings is 1. The fourth-order valence-electron chi connectivity index (χ4n) is 3.24. The predicted molar refractivity (Wildman–Crippen MR) is 87.7 cm³/mol. The number of amides is 2. The van der Waals surface area contributed by atoms with Gasteiger partial charge in [0.25, 0.3) is 5.91 Å². The summed E-state index contributed by atoms with van der Waals surface area (Å²) in [6.45, 7) is 0.268. The van der Waals surface area contributed by atoms with Crippen molar-refractivity contribution in [2.75, 3.05) is 12.3 Å². The highest BCUT2D eigenvalue weighted by molar-refractivity contribution is 7.98. The normalized spacial score (nSPS) is 23.0. The fourth-order valence-corrected chi connectivity index (χ4v) is 4.92. The quantitative estimate of drug-likeness (QED) is 0.555. The number of fused-ring (bicyclic) bond motifs is 2. The van der Waals surface area contributed by atoms with E-state index in [1.54, 1.807) is 0 Å². The van der Waals surface area contributed by atoms with Gasteiger partial charge in [-0.3, -0.25) is 14.1 Å². The minimum atomic E-state index is -4.57. The van der Waals surface area contributed by atoms with Crippen LogP contribution in [0, 0.1) is 0 Å². The lowest BCUT2D eigenvalue weighted by Crippen LogP contribution is -2.68. The van der Waals surface area contributed by atoms with Crippen molar-refractivity contribution in [3.63, 3.8) is 0 Å². The molecule has 2 aromatic rings. The fraction of sp³-hybridized carbons (Fsp3) is 0.385. The van der Waals surface area contributed by atoms with Crippen LogP contribution in [0.1, 0.15) is 6.42 Å². The zero-order valence-electron chi connectivity index (χ0n) is 12.7. The topological polar surface area (TPSA) is 126 Å². The predicted octanol–water partition coefficient (Wildman–Crippen LogP) is -0.458. The highest BCUT2D eigenvalue weighted by Crippen LogP contribution is 2.35. The van der Waals surface area contributed by atoms with E-state index >= 15 is 0 Å². The molecular weight excluding hydrogens is 370 g/mol. The largest absolute Gasteiger partial charge is 0.362 e. The highest BCUT2D eigenvalue weighted by Gasteiger charge is 2.59. The maximum absolute atomic E-state index is 12.4. The first-order valence-corrected chi connectivity index (χ1v) is 9.76. The van der Waals surface area contributed by atoms with E-state index in [9.17, 15) is 18.0 Å². The molecule has 10 nitrogen and oxygen atoms in total. The number of benzene rings is 1. The molecule has 0 saturated carbocycles. The summed E-state index contributed by atoms with van der Waals surface area (Å²) >= 11 is 1.15. The molecule has 0 radical (unpaired) electrons. The lowest BCUT2D eigenvalue weighted by molar-refractivity contribution is -0.150. The number of likely N-dealkylation sites (tertiary alicyclic amines) is 1. The van der Waals surface area contributed by atoms with Gasteiger partial charge in [0.1, 0.15) is 17.1 Å². The SMILES string of the molecule is O=C(CSn1nnc2ccccc21)N1CC[C@@H]2[C@H]1C(=O)N2S(=O)(=O)O. The van der Waals surface area contributed by atoms with Crippen molar-refractivity contribution in [3.8, 4) is 0 Å². The second kappa shape index (κ2) is 5.68. The molecule has 132 valence electrons. The molecule has 2 aliphatic heterocycles. The van der Waals surface area contributed by atoms with Gasteiger partial charge in [-0.25, -0.2) is 4.31 Å². The molecule has 4 rings (SSSR count). The molecule has 25 heavy (non-hydrogen) atoms. The van der Waals surface area contributed by atoms with Gasteiger partial charge in [0.05, 0.1) is 11.8 Å². The number of nitrogens with zero attached hydrogens (tertiary/aromatic N) is 5. The molecule has 1 aromatic heterocycles. The zero-order valence-corrected chi connectivity index (χ0v) is 14.4. The van der Waals surface area contributed by atoms with E-state index in [0.717, 1.165) is 17.5 Å². The van der Waals surface area contributed by atoms with Crippen LogP contribution in [0.25, 0.3) is 11.0 Å². The Hall–Kier alpha value is -2.18. The molecule has 2 aliphatic rings. The van der Waals surface area contributed by atoms with Gasteiger partial charge in [-0.15, -0.1) is 5.10 Å². The second-order valence-corrected chi connectivity index (χ2v) is 7.91. The number of carbonyl (C=O) groups excluding carboxylic acids is 2. The highest BCUT2D eigenvalue weighted by atomic mass is 32.2. The summed E-state index contributed by atoms with van der Waals surface area (Å²) in [5, 5.41) is 7.97. The number of hydrogen-bond donors (Lipinski definition) is 1. The van der Waals surface area contributed by atoms with Gasteiger partial charge in [0.15, 0.2) is 0 Å². The van der Waals surface area contributed by atoms with Crippen LogP contribution < -0.4 is 0 Å². The Morgan fingerprint density at radius 2 is 2.12 bits per heavy atom. The summed E-state index contributed by atoms with van der Waals surface area (Å²) in [5.41, 5.74) is 1.48. The second-order valence-electron chi connectivity index (χ2n) is 5.72. The van der Waals surface area contributed by atoms with Gasteiger partial charge in [0.2, 0.25) is 5.91 Å².